The minimum atomic E-state index is -1.04. The molecular weight excluding hydrogens is 188 g/mol. The molecule has 0 radical (unpaired) electrons. The van der Waals surface area contributed by atoms with Crippen LogP contribution in [-0.2, 0) is 9.59 Å². The van der Waals surface area contributed by atoms with Gasteiger partial charge in [0.2, 0.25) is 5.91 Å². The predicted molar refractivity (Wildman–Crippen MR) is 49.8 cm³/mol. The third-order valence-corrected chi connectivity index (χ3v) is 1.60. The molecule has 6 heteroatoms. The number of carboxylic acids is 1. The van der Waals surface area contributed by atoms with E-state index < -0.39 is 12.1 Å². The molecule has 6 nitrogen and oxygen atoms in total. The van der Waals surface area contributed by atoms with E-state index in [-0.39, 0.29) is 18.9 Å². The molecule has 0 rings (SSSR count). The van der Waals surface area contributed by atoms with Crippen molar-refractivity contribution in [1.29, 1.82) is 0 Å². The average Bonchev–Trinajstić information content (AvgIpc) is 2.10. The molecule has 0 heterocycles. The van der Waals surface area contributed by atoms with E-state index in [4.69, 9.17) is 10.2 Å². The van der Waals surface area contributed by atoms with Gasteiger partial charge in [0, 0.05) is 26.6 Å². The number of aliphatic hydroxyl groups excluding tert-OH is 1. The molecule has 0 aromatic carbocycles. The van der Waals surface area contributed by atoms with E-state index in [0.717, 1.165) is 0 Å². The minimum absolute atomic E-state index is 0.0924. The van der Waals surface area contributed by atoms with Gasteiger partial charge in [-0.25, -0.2) is 0 Å². The molecule has 0 aromatic rings. The highest BCUT2D eigenvalue weighted by Crippen LogP contribution is 1.89. The quantitative estimate of drug-likeness (QED) is 0.380. The maximum atomic E-state index is 10.7. The second-order valence-corrected chi connectivity index (χ2v) is 2.88. The SMILES string of the molecule is CNC(=O)CCNCC(O)CC(=O)O. The molecule has 1 unspecified atom stereocenters. The van der Waals surface area contributed by atoms with E-state index in [0.29, 0.717) is 13.0 Å². The number of amides is 1. The van der Waals surface area contributed by atoms with Crippen molar-refractivity contribution in [2.45, 2.75) is 18.9 Å². The van der Waals surface area contributed by atoms with Gasteiger partial charge in [-0.2, -0.15) is 0 Å². The molecule has 0 aliphatic heterocycles. The lowest BCUT2D eigenvalue weighted by Gasteiger charge is -2.08. The van der Waals surface area contributed by atoms with E-state index in [1.165, 1.54) is 0 Å². The van der Waals surface area contributed by atoms with Crippen molar-refractivity contribution in [3.8, 4) is 0 Å². The summed E-state index contributed by atoms with van der Waals surface area (Å²) in [5.41, 5.74) is 0. The van der Waals surface area contributed by atoms with Gasteiger partial charge in [0.15, 0.2) is 0 Å². The Morgan fingerprint density at radius 1 is 1.43 bits per heavy atom. The first kappa shape index (κ1) is 12.9. The maximum absolute atomic E-state index is 10.7. The normalized spacial score (nSPS) is 12.1. The molecule has 0 saturated heterocycles. The highest BCUT2D eigenvalue weighted by Gasteiger charge is 2.08. The van der Waals surface area contributed by atoms with Crippen molar-refractivity contribution in [2.75, 3.05) is 20.1 Å². The molecule has 1 amide bonds. The number of carbonyl (C=O) groups excluding carboxylic acids is 1. The van der Waals surface area contributed by atoms with Gasteiger partial charge in [0.25, 0.3) is 0 Å². The number of aliphatic carboxylic acids is 1. The Morgan fingerprint density at radius 3 is 2.57 bits per heavy atom. The van der Waals surface area contributed by atoms with Crippen molar-refractivity contribution < 1.29 is 19.8 Å². The van der Waals surface area contributed by atoms with Crippen molar-refractivity contribution in [3.05, 3.63) is 0 Å². The van der Waals surface area contributed by atoms with Crippen LogP contribution in [0.2, 0.25) is 0 Å². The topological polar surface area (TPSA) is 98.7 Å². The third kappa shape index (κ3) is 7.51. The first-order chi connectivity index (χ1) is 6.56. The lowest BCUT2D eigenvalue weighted by atomic mass is 10.2. The number of aliphatic hydroxyl groups is 1. The molecule has 1 atom stereocenters. The minimum Gasteiger partial charge on any atom is -0.481 e. The number of nitrogens with one attached hydrogen (secondary N) is 2. The zero-order valence-corrected chi connectivity index (χ0v) is 8.12. The van der Waals surface area contributed by atoms with E-state index in [9.17, 15) is 9.59 Å². The van der Waals surface area contributed by atoms with Crippen LogP contribution in [0.1, 0.15) is 12.8 Å². The van der Waals surface area contributed by atoms with Gasteiger partial charge in [-0.15, -0.1) is 0 Å². The summed E-state index contributed by atoms with van der Waals surface area (Å²) in [7, 11) is 1.54. The third-order valence-electron chi connectivity index (χ3n) is 1.60. The lowest BCUT2D eigenvalue weighted by Crippen LogP contribution is -2.31. The van der Waals surface area contributed by atoms with Crippen LogP contribution in [0.15, 0.2) is 0 Å². The van der Waals surface area contributed by atoms with Gasteiger partial charge in [0.05, 0.1) is 12.5 Å². The van der Waals surface area contributed by atoms with Crippen LogP contribution in [0.4, 0.5) is 0 Å². The molecule has 0 aromatic heterocycles. The Kier molecular flexibility index (Phi) is 6.69. The van der Waals surface area contributed by atoms with Crippen LogP contribution in [0.25, 0.3) is 0 Å². The van der Waals surface area contributed by atoms with E-state index in [2.05, 4.69) is 10.6 Å². The van der Waals surface area contributed by atoms with Crippen LogP contribution in [0.5, 0.6) is 0 Å². The van der Waals surface area contributed by atoms with Crippen LogP contribution in [0, 0.1) is 0 Å². The molecule has 14 heavy (non-hydrogen) atoms. The number of carboxylic acid groups (broad SMARTS) is 1. The Bertz CT molecular complexity index is 196. The van der Waals surface area contributed by atoms with Crippen molar-refractivity contribution in [2.24, 2.45) is 0 Å². The molecule has 0 fully saturated rings. The van der Waals surface area contributed by atoms with Crippen molar-refractivity contribution in [3.63, 3.8) is 0 Å². The maximum Gasteiger partial charge on any atom is 0.306 e. The first-order valence-corrected chi connectivity index (χ1v) is 4.37. The summed E-state index contributed by atoms with van der Waals surface area (Å²) >= 11 is 0. The fraction of sp³-hybridized carbons (Fsp3) is 0.750. The van der Waals surface area contributed by atoms with Crippen LogP contribution >= 0.6 is 0 Å². The fourth-order valence-electron chi connectivity index (χ4n) is 0.869. The molecule has 0 spiro atoms. The molecule has 0 saturated carbocycles. The van der Waals surface area contributed by atoms with E-state index >= 15 is 0 Å². The lowest BCUT2D eigenvalue weighted by molar-refractivity contribution is -0.139. The van der Waals surface area contributed by atoms with Gasteiger partial charge in [-0.05, 0) is 0 Å². The van der Waals surface area contributed by atoms with E-state index in [1.807, 2.05) is 0 Å². The highest BCUT2D eigenvalue weighted by atomic mass is 16.4. The standard InChI is InChI=1S/C8H16N2O4/c1-9-7(12)2-3-10-5-6(11)4-8(13)14/h6,10-11H,2-5H2,1H3,(H,9,12)(H,13,14). The van der Waals surface area contributed by atoms with Crippen LogP contribution < -0.4 is 10.6 Å². The largest absolute Gasteiger partial charge is 0.481 e. The Labute approximate surface area is 82.3 Å². The molecule has 4 N–H and O–H groups in total. The molecular formula is C8H16N2O4. The first-order valence-electron chi connectivity index (χ1n) is 4.37. The van der Waals surface area contributed by atoms with Gasteiger partial charge in [-0.3, -0.25) is 9.59 Å². The summed E-state index contributed by atoms with van der Waals surface area (Å²) in [5.74, 6) is -1.13. The summed E-state index contributed by atoms with van der Waals surface area (Å²) in [6, 6.07) is 0. The molecule has 0 bridgehead atoms. The molecule has 0 aliphatic carbocycles. The average molecular weight is 204 g/mol. The van der Waals surface area contributed by atoms with Gasteiger partial charge in [0.1, 0.15) is 0 Å². The Hall–Kier alpha value is -1.14. The predicted octanol–water partition coefficient (Wildman–Crippen LogP) is -1.45. The number of carbonyl (C=O) groups is 2. The zero-order valence-electron chi connectivity index (χ0n) is 8.12. The summed E-state index contributed by atoms with van der Waals surface area (Å²) in [6.07, 6.45) is -0.874. The summed E-state index contributed by atoms with van der Waals surface area (Å²) in [4.78, 5) is 20.9. The Balaban J connectivity index is 3.35. The number of hydrogen-bond donors (Lipinski definition) is 4. The summed E-state index contributed by atoms with van der Waals surface area (Å²) < 4.78 is 0. The van der Waals surface area contributed by atoms with Crippen molar-refractivity contribution >= 4 is 11.9 Å². The van der Waals surface area contributed by atoms with Crippen LogP contribution in [0.3, 0.4) is 0 Å². The second-order valence-electron chi connectivity index (χ2n) is 2.88. The van der Waals surface area contributed by atoms with Crippen LogP contribution in [-0.4, -0.2) is 48.3 Å². The van der Waals surface area contributed by atoms with Crippen molar-refractivity contribution in [1.82, 2.24) is 10.6 Å². The summed E-state index contributed by atoms with van der Waals surface area (Å²) in [5, 5.41) is 22.6. The second kappa shape index (κ2) is 7.28. The van der Waals surface area contributed by atoms with Gasteiger partial charge in [-0.1, -0.05) is 0 Å². The van der Waals surface area contributed by atoms with Gasteiger partial charge >= 0.3 is 5.97 Å². The monoisotopic (exact) mass is 204 g/mol. The highest BCUT2D eigenvalue weighted by molar-refractivity contribution is 5.75. The number of hydrogen-bond acceptors (Lipinski definition) is 4. The fourth-order valence-corrected chi connectivity index (χ4v) is 0.869. The Morgan fingerprint density at radius 2 is 2.07 bits per heavy atom. The molecule has 82 valence electrons. The summed E-state index contributed by atoms with van der Waals surface area (Å²) in [6.45, 7) is 0.611. The smallest absolute Gasteiger partial charge is 0.306 e. The van der Waals surface area contributed by atoms with E-state index in [1.54, 1.807) is 7.05 Å². The zero-order chi connectivity index (χ0) is 11.0. The van der Waals surface area contributed by atoms with Gasteiger partial charge < -0.3 is 20.8 Å². The number of rotatable bonds is 7. The molecule has 0 aliphatic rings.